The molecule has 1 fully saturated rings. The second-order valence-electron chi connectivity index (χ2n) is 4.89. The van der Waals surface area contributed by atoms with E-state index in [0.29, 0.717) is 11.7 Å². The highest BCUT2D eigenvalue weighted by Gasteiger charge is 2.23. The number of nitrogen functional groups attached to an aromatic ring is 1. The molecule has 0 radical (unpaired) electrons. The molecule has 3 N–H and O–H groups in total. The summed E-state index contributed by atoms with van der Waals surface area (Å²) in [4.78, 5) is 10.9. The van der Waals surface area contributed by atoms with E-state index < -0.39 is 0 Å². The van der Waals surface area contributed by atoms with Crippen molar-refractivity contribution in [2.24, 2.45) is 5.84 Å². The molecule has 0 aliphatic carbocycles. The van der Waals surface area contributed by atoms with Crippen molar-refractivity contribution in [1.29, 1.82) is 0 Å². The highest BCUT2D eigenvalue weighted by molar-refractivity contribution is 5.60. The molecule has 0 amide bonds. The third-order valence-corrected chi connectivity index (χ3v) is 3.12. The van der Waals surface area contributed by atoms with E-state index in [0.717, 1.165) is 31.1 Å². The standard InChI is InChI=1S/C12H21N5O/c1-8(2)10-11(16-13)14-7-15-12(10)17-4-5-18-9(3)6-17/h7-9H,4-6,13H2,1-3H3,(H,14,15,16). The van der Waals surface area contributed by atoms with E-state index in [-0.39, 0.29) is 6.10 Å². The predicted octanol–water partition coefficient (Wildman–Crippen LogP) is 1.11. The highest BCUT2D eigenvalue weighted by atomic mass is 16.5. The number of morpholine rings is 1. The van der Waals surface area contributed by atoms with Gasteiger partial charge in [-0.3, -0.25) is 0 Å². The number of hydrogen-bond acceptors (Lipinski definition) is 6. The lowest BCUT2D eigenvalue weighted by Crippen LogP contribution is -2.42. The smallest absolute Gasteiger partial charge is 0.148 e. The van der Waals surface area contributed by atoms with Crippen molar-refractivity contribution in [3.05, 3.63) is 11.9 Å². The molecule has 2 heterocycles. The molecule has 0 bridgehead atoms. The van der Waals surface area contributed by atoms with E-state index >= 15 is 0 Å². The van der Waals surface area contributed by atoms with Gasteiger partial charge in [0, 0.05) is 18.7 Å². The summed E-state index contributed by atoms with van der Waals surface area (Å²) in [6.45, 7) is 8.74. The van der Waals surface area contributed by atoms with E-state index in [1.165, 1.54) is 0 Å². The molecule has 18 heavy (non-hydrogen) atoms. The van der Waals surface area contributed by atoms with Gasteiger partial charge < -0.3 is 15.1 Å². The minimum atomic E-state index is 0.225. The Balaban J connectivity index is 2.36. The molecule has 2 rings (SSSR count). The monoisotopic (exact) mass is 251 g/mol. The summed E-state index contributed by atoms with van der Waals surface area (Å²) in [5.74, 6) is 7.51. The van der Waals surface area contributed by atoms with Gasteiger partial charge >= 0.3 is 0 Å². The van der Waals surface area contributed by atoms with E-state index in [1.54, 1.807) is 6.33 Å². The number of hydrazine groups is 1. The number of nitrogens with two attached hydrogens (primary N) is 1. The van der Waals surface area contributed by atoms with Crippen molar-refractivity contribution in [3.8, 4) is 0 Å². The number of hydrogen-bond donors (Lipinski definition) is 2. The third kappa shape index (κ3) is 2.54. The van der Waals surface area contributed by atoms with Gasteiger partial charge in [0.25, 0.3) is 0 Å². The van der Waals surface area contributed by atoms with Crippen molar-refractivity contribution in [2.45, 2.75) is 32.8 Å². The number of nitrogens with one attached hydrogen (secondary N) is 1. The first kappa shape index (κ1) is 13.0. The maximum absolute atomic E-state index is 5.56. The Labute approximate surface area is 108 Å². The first-order valence-corrected chi connectivity index (χ1v) is 6.31. The quantitative estimate of drug-likeness (QED) is 0.619. The van der Waals surface area contributed by atoms with Gasteiger partial charge in [-0.2, -0.15) is 0 Å². The van der Waals surface area contributed by atoms with Crippen LogP contribution in [0.2, 0.25) is 0 Å². The fraction of sp³-hybridized carbons (Fsp3) is 0.667. The van der Waals surface area contributed by atoms with E-state index in [4.69, 9.17) is 10.6 Å². The summed E-state index contributed by atoms with van der Waals surface area (Å²) < 4.78 is 5.56. The van der Waals surface area contributed by atoms with Crippen LogP contribution in [0.4, 0.5) is 11.6 Å². The zero-order valence-corrected chi connectivity index (χ0v) is 11.2. The molecule has 1 unspecified atom stereocenters. The largest absolute Gasteiger partial charge is 0.375 e. The van der Waals surface area contributed by atoms with Gasteiger partial charge in [-0.05, 0) is 12.8 Å². The average Bonchev–Trinajstić information content (AvgIpc) is 2.37. The number of anilines is 2. The fourth-order valence-corrected chi connectivity index (χ4v) is 2.30. The van der Waals surface area contributed by atoms with Gasteiger partial charge in [0.15, 0.2) is 0 Å². The number of ether oxygens (including phenoxy) is 1. The molecule has 1 aliphatic heterocycles. The van der Waals surface area contributed by atoms with Crippen LogP contribution in [0.25, 0.3) is 0 Å². The first-order valence-electron chi connectivity index (χ1n) is 6.31. The molecule has 6 heteroatoms. The van der Waals surface area contributed by atoms with E-state index in [1.807, 2.05) is 0 Å². The molecule has 1 atom stereocenters. The summed E-state index contributed by atoms with van der Waals surface area (Å²) in [6, 6.07) is 0. The normalized spacial score (nSPS) is 20.3. The van der Waals surface area contributed by atoms with Gasteiger partial charge in [-0.15, -0.1) is 0 Å². The number of rotatable bonds is 3. The van der Waals surface area contributed by atoms with Gasteiger partial charge in [-0.25, -0.2) is 15.8 Å². The van der Waals surface area contributed by atoms with Crippen LogP contribution in [-0.2, 0) is 4.74 Å². The van der Waals surface area contributed by atoms with Crippen molar-refractivity contribution in [2.75, 3.05) is 30.0 Å². The minimum absolute atomic E-state index is 0.225. The Bertz CT molecular complexity index is 409. The predicted molar refractivity (Wildman–Crippen MR) is 71.6 cm³/mol. The zero-order valence-electron chi connectivity index (χ0n) is 11.2. The Morgan fingerprint density at radius 1 is 1.50 bits per heavy atom. The molecular formula is C12H21N5O. The minimum Gasteiger partial charge on any atom is -0.375 e. The Morgan fingerprint density at radius 3 is 2.89 bits per heavy atom. The fourth-order valence-electron chi connectivity index (χ4n) is 2.30. The van der Waals surface area contributed by atoms with Crippen molar-refractivity contribution < 1.29 is 4.74 Å². The van der Waals surface area contributed by atoms with Crippen molar-refractivity contribution in [1.82, 2.24) is 9.97 Å². The molecular weight excluding hydrogens is 230 g/mol. The highest BCUT2D eigenvalue weighted by Crippen LogP contribution is 2.31. The number of nitrogens with zero attached hydrogens (tertiary/aromatic N) is 3. The summed E-state index contributed by atoms with van der Waals surface area (Å²) in [7, 11) is 0. The molecule has 100 valence electrons. The molecule has 0 aromatic carbocycles. The second kappa shape index (κ2) is 5.49. The molecule has 0 spiro atoms. The topological polar surface area (TPSA) is 76.3 Å². The summed E-state index contributed by atoms with van der Waals surface area (Å²) in [5, 5.41) is 0. The van der Waals surface area contributed by atoms with Gasteiger partial charge in [-0.1, -0.05) is 13.8 Å². The Morgan fingerprint density at radius 2 is 2.28 bits per heavy atom. The average molecular weight is 251 g/mol. The van der Waals surface area contributed by atoms with Crippen molar-refractivity contribution >= 4 is 11.6 Å². The lowest BCUT2D eigenvalue weighted by Gasteiger charge is -2.34. The van der Waals surface area contributed by atoms with Gasteiger partial charge in [0.05, 0.1) is 12.7 Å². The third-order valence-electron chi connectivity index (χ3n) is 3.12. The van der Waals surface area contributed by atoms with Crippen LogP contribution in [0.5, 0.6) is 0 Å². The van der Waals surface area contributed by atoms with Crippen LogP contribution >= 0.6 is 0 Å². The van der Waals surface area contributed by atoms with Crippen LogP contribution in [0.3, 0.4) is 0 Å². The lowest BCUT2D eigenvalue weighted by molar-refractivity contribution is 0.0528. The maximum Gasteiger partial charge on any atom is 0.148 e. The van der Waals surface area contributed by atoms with Crippen LogP contribution in [-0.4, -0.2) is 35.8 Å². The molecule has 0 saturated carbocycles. The summed E-state index contributed by atoms with van der Waals surface area (Å²) in [6.07, 6.45) is 1.78. The zero-order chi connectivity index (χ0) is 13.1. The van der Waals surface area contributed by atoms with E-state index in [9.17, 15) is 0 Å². The molecule has 1 aromatic heterocycles. The Hall–Kier alpha value is -1.40. The Kier molecular flexibility index (Phi) is 3.98. The summed E-state index contributed by atoms with van der Waals surface area (Å²) >= 11 is 0. The molecule has 1 aliphatic rings. The van der Waals surface area contributed by atoms with E-state index in [2.05, 4.69) is 41.1 Å². The van der Waals surface area contributed by atoms with Crippen LogP contribution in [0.15, 0.2) is 6.33 Å². The molecule has 1 aromatic rings. The van der Waals surface area contributed by atoms with Crippen LogP contribution in [0, 0.1) is 0 Å². The first-order chi connectivity index (χ1) is 8.63. The van der Waals surface area contributed by atoms with Crippen LogP contribution in [0.1, 0.15) is 32.3 Å². The summed E-state index contributed by atoms with van der Waals surface area (Å²) in [5.41, 5.74) is 3.72. The SMILES string of the molecule is CC1CN(c2ncnc(NN)c2C(C)C)CCO1. The molecule has 1 saturated heterocycles. The second-order valence-corrected chi connectivity index (χ2v) is 4.89. The number of aromatic nitrogens is 2. The maximum atomic E-state index is 5.56. The van der Waals surface area contributed by atoms with Crippen LogP contribution < -0.4 is 16.2 Å². The lowest BCUT2D eigenvalue weighted by atomic mass is 10.0. The van der Waals surface area contributed by atoms with Gasteiger partial charge in [0.2, 0.25) is 0 Å². The molecule has 6 nitrogen and oxygen atoms in total. The van der Waals surface area contributed by atoms with Gasteiger partial charge in [0.1, 0.15) is 18.0 Å². The van der Waals surface area contributed by atoms with Crippen molar-refractivity contribution in [3.63, 3.8) is 0 Å².